The SMILES string of the molecule is CNCC#Cc1cc([N+](=O)[O-])c(C)nc1Cl. The van der Waals surface area contributed by atoms with Gasteiger partial charge in [0.15, 0.2) is 0 Å². The Morgan fingerprint density at radius 2 is 2.38 bits per heavy atom. The third kappa shape index (κ3) is 2.92. The van der Waals surface area contributed by atoms with Gasteiger partial charge < -0.3 is 5.32 Å². The number of halogens is 1. The minimum absolute atomic E-state index is 0.0712. The molecule has 1 aromatic rings. The van der Waals surface area contributed by atoms with Crippen molar-refractivity contribution in [1.82, 2.24) is 10.3 Å². The van der Waals surface area contributed by atoms with Gasteiger partial charge in [-0.05, 0) is 14.0 Å². The Bertz CT molecular complexity index is 477. The lowest BCUT2D eigenvalue weighted by atomic mass is 10.2. The van der Waals surface area contributed by atoms with Crippen LogP contribution in [0.2, 0.25) is 5.15 Å². The molecule has 84 valence electrons. The van der Waals surface area contributed by atoms with Crippen LogP contribution in [-0.2, 0) is 0 Å². The highest BCUT2D eigenvalue weighted by Crippen LogP contribution is 2.22. The molecule has 1 heterocycles. The number of pyridine rings is 1. The number of hydrogen-bond acceptors (Lipinski definition) is 4. The molecule has 5 nitrogen and oxygen atoms in total. The van der Waals surface area contributed by atoms with Gasteiger partial charge in [-0.2, -0.15) is 0 Å². The molecule has 1 N–H and O–H groups in total. The van der Waals surface area contributed by atoms with E-state index in [2.05, 4.69) is 22.1 Å². The molecule has 0 saturated carbocycles. The van der Waals surface area contributed by atoms with E-state index >= 15 is 0 Å². The molecule has 0 bridgehead atoms. The molecule has 6 heteroatoms. The number of aromatic nitrogens is 1. The van der Waals surface area contributed by atoms with E-state index in [1.54, 1.807) is 7.05 Å². The van der Waals surface area contributed by atoms with Gasteiger partial charge >= 0.3 is 0 Å². The molecular weight excluding hydrogens is 230 g/mol. The number of hydrogen-bond donors (Lipinski definition) is 1. The first-order chi connectivity index (χ1) is 7.56. The van der Waals surface area contributed by atoms with Crippen LogP contribution in [0.4, 0.5) is 5.69 Å². The van der Waals surface area contributed by atoms with Crippen molar-refractivity contribution in [2.75, 3.05) is 13.6 Å². The summed E-state index contributed by atoms with van der Waals surface area (Å²) >= 11 is 5.83. The zero-order valence-corrected chi connectivity index (χ0v) is 9.63. The predicted octanol–water partition coefficient (Wildman–Crippen LogP) is 1.52. The maximum absolute atomic E-state index is 10.7. The molecule has 1 rings (SSSR count). The zero-order valence-electron chi connectivity index (χ0n) is 8.87. The summed E-state index contributed by atoms with van der Waals surface area (Å²) < 4.78 is 0. The summed E-state index contributed by atoms with van der Waals surface area (Å²) in [4.78, 5) is 14.1. The Labute approximate surface area is 98.0 Å². The Balaban J connectivity index is 3.16. The van der Waals surface area contributed by atoms with Crippen LogP contribution in [0.25, 0.3) is 0 Å². The number of nitro groups is 1. The Morgan fingerprint density at radius 3 is 2.94 bits per heavy atom. The average molecular weight is 240 g/mol. The molecule has 0 aromatic carbocycles. The van der Waals surface area contributed by atoms with Crippen molar-refractivity contribution in [2.45, 2.75) is 6.92 Å². The van der Waals surface area contributed by atoms with Crippen molar-refractivity contribution in [3.05, 3.63) is 32.6 Å². The molecule has 0 radical (unpaired) electrons. The average Bonchev–Trinajstić information content (AvgIpc) is 2.21. The highest BCUT2D eigenvalue weighted by molar-refractivity contribution is 6.30. The molecule has 0 spiro atoms. The maximum atomic E-state index is 10.7. The van der Waals surface area contributed by atoms with E-state index in [0.29, 0.717) is 12.1 Å². The highest BCUT2D eigenvalue weighted by Gasteiger charge is 2.14. The van der Waals surface area contributed by atoms with E-state index in [1.807, 2.05) is 0 Å². The minimum atomic E-state index is -0.498. The second-order valence-corrected chi connectivity index (χ2v) is 3.38. The molecule has 0 unspecified atom stereocenters. The lowest BCUT2D eigenvalue weighted by molar-refractivity contribution is -0.385. The topological polar surface area (TPSA) is 68.1 Å². The Morgan fingerprint density at radius 1 is 1.69 bits per heavy atom. The van der Waals surface area contributed by atoms with Gasteiger partial charge in [0, 0.05) is 6.07 Å². The normalized spacial score (nSPS) is 9.44. The highest BCUT2D eigenvalue weighted by atomic mass is 35.5. The van der Waals surface area contributed by atoms with Crippen molar-refractivity contribution < 1.29 is 4.92 Å². The lowest BCUT2D eigenvalue weighted by Crippen LogP contribution is -2.04. The van der Waals surface area contributed by atoms with Crippen molar-refractivity contribution in [1.29, 1.82) is 0 Å². The van der Waals surface area contributed by atoms with Crippen molar-refractivity contribution in [3.8, 4) is 11.8 Å². The van der Waals surface area contributed by atoms with Gasteiger partial charge in [-0.3, -0.25) is 10.1 Å². The van der Waals surface area contributed by atoms with Crippen molar-refractivity contribution >= 4 is 17.3 Å². The second kappa shape index (κ2) is 5.45. The minimum Gasteiger partial charge on any atom is -0.309 e. The Kier molecular flexibility index (Phi) is 4.23. The van der Waals surface area contributed by atoms with Crippen LogP contribution >= 0.6 is 11.6 Å². The Hall–Kier alpha value is -1.64. The summed E-state index contributed by atoms with van der Waals surface area (Å²) in [5.41, 5.74) is 0.585. The molecule has 0 atom stereocenters. The van der Waals surface area contributed by atoms with Gasteiger partial charge in [0.2, 0.25) is 0 Å². The first kappa shape index (κ1) is 12.4. The van der Waals surface area contributed by atoms with Crippen molar-refractivity contribution in [2.24, 2.45) is 0 Å². The van der Waals surface area contributed by atoms with Crippen LogP contribution in [0, 0.1) is 28.9 Å². The standard InChI is InChI=1S/C10H10ClN3O2/c1-7-9(14(15)16)6-8(10(11)13-7)4-3-5-12-2/h6,12H,5H2,1-2H3. The molecular formula is C10H10ClN3O2. The first-order valence-electron chi connectivity index (χ1n) is 4.51. The molecule has 0 aliphatic carbocycles. The molecule has 0 saturated heterocycles. The molecule has 0 aliphatic heterocycles. The fraction of sp³-hybridized carbons (Fsp3) is 0.300. The van der Waals surface area contributed by atoms with Crippen LogP contribution in [0.15, 0.2) is 6.07 Å². The van der Waals surface area contributed by atoms with E-state index in [4.69, 9.17) is 11.6 Å². The summed E-state index contributed by atoms with van der Waals surface area (Å²) in [6, 6.07) is 1.34. The van der Waals surface area contributed by atoms with Gasteiger partial charge in [0.1, 0.15) is 10.8 Å². The second-order valence-electron chi connectivity index (χ2n) is 3.02. The fourth-order valence-corrected chi connectivity index (χ4v) is 1.29. The van der Waals surface area contributed by atoms with Crippen LogP contribution in [0.3, 0.4) is 0 Å². The third-order valence-electron chi connectivity index (χ3n) is 1.82. The maximum Gasteiger partial charge on any atom is 0.291 e. The first-order valence-corrected chi connectivity index (χ1v) is 4.89. The smallest absolute Gasteiger partial charge is 0.291 e. The molecule has 0 amide bonds. The number of nitrogens with zero attached hydrogens (tertiary/aromatic N) is 2. The van der Waals surface area contributed by atoms with Gasteiger partial charge in [-0.1, -0.05) is 23.4 Å². The van der Waals surface area contributed by atoms with Gasteiger partial charge in [-0.15, -0.1) is 0 Å². The van der Waals surface area contributed by atoms with Crippen LogP contribution in [-0.4, -0.2) is 23.5 Å². The van der Waals surface area contributed by atoms with E-state index in [-0.39, 0.29) is 16.5 Å². The van der Waals surface area contributed by atoms with Gasteiger partial charge in [0.05, 0.1) is 17.0 Å². The van der Waals surface area contributed by atoms with E-state index < -0.39 is 4.92 Å². The zero-order chi connectivity index (χ0) is 12.1. The molecule has 0 aliphatic rings. The van der Waals surface area contributed by atoms with Crippen molar-refractivity contribution in [3.63, 3.8) is 0 Å². The molecule has 1 aromatic heterocycles. The third-order valence-corrected chi connectivity index (χ3v) is 2.11. The lowest BCUT2D eigenvalue weighted by Gasteiger charge is -1.99. The van der Waals surface area contributed by atoms with E-state index in [9.17, 15) is 10.1 Å². The summed E-state index contributed by atoms with van der Waals surface area (Å²) in [6.45, 7) is 2.02. The number of rotatable bonds is 2. The largest absolute Gasteiger partial charge is 0.309 e. The number of nitrogens with one attached hydrogen (secondary N) is 1. The summed E-state index contributed by atoms with van der Waals surface area (Å²) in [6.07, 6.45) is 0. The molecule has 16 heavy (non-hydrogen) atoms. The summed E-state index contributed by atoms with van der Waals surface area (Å²) in [7, 11) is 1.76. The quantitative estimate of drug-likeness (QED) is 0.368. The van der Waals surface area contributed by atoms with Crippen LogP contribution in [0.5, 0.6) is 0 Å². The fourth-order valence-electron chi connectivity index (χ4n) is 1.07. The van der Waals surface area contributed by atoms with Crippen LogP contribution in [0.1, 0.15) is 11.3 Å². The predicted molar refractivity (Wildman–Crippen MR) is 61.4 cm³/mol. The number of aryl methyl sites for hydroxylation is 1. The van der Waals surface area contributed by atoms with Gasteiger partial charge in [0.25, 0.3) is 5.69 Å². The van der Waals surface area contributed by atoms with E-state index in [0.717, 1.165) is 0 Å². The summed E-state index contributed by atoms with van der Waals surface area (Å²) in [5.74, 6) is 5.49. The summed E-state index contributed by atoms with van der Waals surface area (Å²) in [5, 5.41) is 13.7. The monoisotopic (exact) mass is 239 g/mol. The van der Waals surface area contributed by atoms with E-state index in [1.165, 1.54) is 13.0 Å². The molecule has 0 fully saturated rings. The van der Waals surface area contributed by atoms with Gasteiger partial charge in [-0.25, -0.2) is 4.98 Å². The van der Waals surface area contributed by atoms with Crippen LogP contribution < -0.4 is 5.32 Å².